The van der Waals surface area contributed by atoms with Crippen molar-refractivity contribution in [2.45, 2.75) is 26.6 Å². The molecule has 0 spiro atoms. The molecule has 2 heterocycles. The van der Waals surface area contributed by atoms with Gasteiger partial charge in [-0.1, -0.05) is 17.5 Å². The minimum atomic E-state index is -0.561. The average Bonchev–Trinajstić information content (AvgIpc) is 2.85. The van der Waals surface area contributed by atoms with Crippen LogP contribution in [-0.2, 0) is 6.67 Å². The molecule has 104 valence electrons. The number of anilines is 1. The summed E-state index contributed by atoms with van der Waals surface area (Å²) in [6.07, 6.45) is 1.61. The van der Waals surface area contributed by atoms with Gasteiger partial charge in [0.1, 0.15) is 22.5 Å². The van der Waals surface area contributed by atoms with E-state index in [4.69, 9.17) is 11.6 Å². The monoisotopic (exact) mass is 309 g/mol. The summed E-state index contributed by atoms with van der Waals surface area (Å²) in [6, 6.07) is 1.99. The third-order valence-electron chi connectivity index (χ3n) is 2.31. The number of pyridine rings is 1. The Hall–Kier alpha value is -1.64. The van der Waals surface area contributed by atoms with Crippen LogP contribution in [-0.4, -0.2) is 16.0 Å². The topological polar surface area (TPSA) is 37.8 Å². The molecule has 0 fully saturated rings. The molecule has 0 atom stereocenters. The van der Waals surface area contributed by atoms with Gasteiger partial charge in [-0.15, -0.1) is 11.3 Å². The molecule has 0 aliphatic carbocycles. The molecule has 0 aliphatic heterocycles. The van der Waals surface area contributed by atoms with Crippen LogP contribution in [0.25, 0.3) is 0 Å². The highest BCUT2D eigenvalue weighted by Crippen LogP contribution is 2.19. The number of rotatable bonds is 3. The molecule has 1 N–H and O–H groups in total. The lowest BCUT2D eigenvalue weighted by atomic mass is 10.2. The summed E-state index contributed by atoms with van der Waals surface area (Å²) in [7, 11) is 0. The van der Waals surface area contributed by atoms with Gasteiger partial charge in [-0.05, 0) is 25.8 Å². The maximum atomic E-state index is 12.4. The molecule has 0 radical (unpaired) electrons. The van der Waals surface area contributed by atoms with E-state index in [9.17, 15) is 4.39 Å². The number of nitrogens with zero attached hydrogens (tertiary/aromatic N) is 2. The Labute approximate surface area is 126 Å². The first-order valence-corrected chi connectivity index (χ1v) is 7.28. The van der Waals surface area contributed by atoms with Crippen molar-refractivity contribution in [2.24, 2.45) is 0 Å². The van der Waals surface area contributed by atoms with Gasteiger partial charge in [-0.25, -0.2) is 14.4 Å². The third kappa shape index (κ3) is 3.92. The van der Waals surface area contributed by atoms with Crippen molar-refractivity contribution in [1.29, 1.82) is 0 Å². The van der Waals surface area contributed by atoms with Crippen LogP contribution in [0.1, 0.15) is 30.1 Å². The number of alkyl halides is 1. The zero-order chi connectivity index (χ0) is 14.5. The van der Waals surface area contributed by atoms with E-state index < -0.39 is 6.67 Å². The molecule has 0 bridgehead atoms. The number of hydrogen-bond donors (Lipinski definition) is 1. The van der Waals surface area contributed by atoms with Gasteiger partial charge < -0.3 is 5.32 Å². The lowest BCUT2D eigenvalue weighted by Crippen LogP contribution is -2.11. The molecule has 0 aliphatic rings. The van der Waals surface area contributed by atoms with E-state index >= 15 is 0 Å². The zero-order valence-electron chi connectivity index (χ0n) is 11.1. The number of hydrogen-bond acceptors (Lipinski definition) is 4. The molecule has 0 aromatic carbocycles. The van der Waals surface area contributed by atoms with Crippen molar-refractivity contribution < 1.29 is 4.39 Å². The molecular weight excluding hydrogens is 297 g/mol. The molecular formula is C14H13ClFN3S. The smallest absolute Gasteiger partial charge is 0.141 e. The Morgan fingerprint density at radius 3 is 2.90 bits per heavy atom. The van der Waals surface area contributed by atoms with E-state index in [2.05, 4.69) is 27.1 Å². The first-order valence-electron chi connectivity index (χ1n) is 6.03. The van der Waals surface area contributed by atoms with Crippen LogP contribution < -0.4 is 5.32 Å². The van der Waals surface area contributed by atoms with E-state index in [0.717, 1.165) is 11.3 Å². The van der Waals surface area contributed by atoms with Gasteiger partial charge in [-0.2, -0.15) is 0 Å². The molecule has 2 aromatic rings. The van der Waals surface area contributed by atoms with Gasteiger partial charge in [0.15, 0.2) is 0 Å². The normalized spacial score (nSPS) is 10.2. The quantitative estimate of drug-likeness (QED) is 0.690. The second-order valence-corrected chi connectivity index (χ2v) is 5.69. The fraction of sp³-hybridized carbons (Fsp3) is 0.286. The van der Waals surface area contributed by atoms with E-state index in [-0.39, 0.29) is 6.04 Å². The fourth-order valence-electron chi connectivity index (χ4n) is 1.52. The van der Waals surface area contributed by atoms with Gasteiger partial charge in [0.05, 0.1) is 11.3 Å². The summed E-state index contributed by atoms with van der Waals surface area (Å²) < 4.78 is 12.4. The van der Waals surface area contributed by atoms with Crippen molar-refractivity contribution in [3.63, 3.8) is 0 Å². The predicted octanol–water partition coefficient (Wildman–Crippen LogP) is 3.88. The van der Waals surface area contributed by atoms with E-state index in [1.165, 1.54) is 11.3 Å². The molecule has 3 nitrogen and oxygen atoms in total. The second kappa shape index (κ2) is 6.69. The van der Waals surface area contributed by atoms with Crippen molar-refractivity contribution in [1.82, 2.24) is 9.97 Å². The maximum absolute atomic E-state index is 12.4. The van der Waals surface area contributed by atoms with Crippen LogP contribution in [0.2, 0.25) is 5.15 Å². The van der Waals surface area contributed by atoms with E-state index in [1.807, 2.05) is 13.8 Å². The predicted molar refractivity (Wildman–Crippen MR) is 80.9 cm³/mol. The molecule has 2 rings (SSSR count). The molecule has 20 heavy (non-hydrogen) atoms. The van der Waals surface area contributed by atoms with Crippen LogP contribution >= 0.6 is 22.9 Å². The Bertz CT molecular complexity index is 658. The molecule has 0 unspecified atom stereocenters. The lowest BCUT2D eigenvalue weighted by Gasteiger charge is -2.11. The van der Waals surface area contributed by atoms with Gasteiger partial charge in [0.2, 0.25) is 0 Å². The molecule has 6 heteroatoms. The zero-order valence-corrected chi connectivity index (χ0v) is 12.6. The Kier molecular flexibility index (Phi) is 4.94. The summed E-state index contributed by atoms with van der Waals surface area (Å²) in [4.78, 5) is 8.08. The Morgan fingerprint density at radius 2 is 2.25 bits per heavy atom. The van der Waals surface area contributed by atoms with Gasteiger partial charge in [0, 0.05) is 17.6 Å². The Balaban J connectivity index is 2.29. The van der Waals surface area contributed by atoms with Crippen molar-refractivity contribution >= 4 is 28.6 Å². The van der Waals surface area contributed by atoms with E-state index in [0.29, 0.717) is 15.9 Å². The molecule has 0 saturated carbocycles. The number of nitrogens with one attached hydrogen (secondary N) is 1. The highest BCUT2D eigenvalue weighted by molar-refractivity contribution is 7.09. The van der Waals surface area contributed by atoms with Gasteiger partial charge >= 0.3 is 0 Å². The number of aromatic nitrogens is 2. The standard InChI is InChI=1S/C14H13ClFN3S/c1-9(2)18-12-5-13(15)17-7-10(12)3-4-11-8-20-14(6-16)19-11/h5,7-9H,6H2,1-2H3,(H,17,18). The van der Waals surface area contributed by atoms with Gasteiger partial charge in [-0.3, -0.25) is 0 Å². The van der Waals surface area contributed by atoms with Crippen molar-refractivity contribution in [3.8, 4) is 11.8 Å². The molecule has 0 amide bonds. The Morgan fingerprint density at radius 1 is 1.45 bits per heavy atom. The van der Waals surface area contributed by atoms with Crippen LogP contribution in [0.15, 0.2) is 17.6 Å². The first kappa shape index (κ1) is 14.8. The van der Waals surface area contributed by atoms with Crippen molar-refractivity contribution in [2.75, 3.05) is 5.32 Å². The lowest BCUT2D eigenvalue weighted by molar-refractivity contribution is 0.483. The molecule has 0 saturated heterocycles. The highest BCUT2D eigenvalue weighted by Gasteiger charge is 2.04. The van der Waals surface area contributed by atoms with Crippen LogP contribution in [0.3, 0.4) is 0 Å². The fourth-order valence-corrected chi connectivity index (χ4v) is 2.25. The van der Waals surface area contributed by atoms with Crippen LogP contribution in [0.4, 0.5) is 10.1 Å². The van der Waals surface area contributed by atoms with Gasteiger partial charge in [0.25, 0.3) is 0 Å². The third-order valence-corrected chi connectivity index (χ3v) is 3.33. The number of thiazole rings is 1. The van der Waals surface area contributed by atoms with E-state index in [1.54, 1.807) is 17.6 Å². The SMILES string of the molecule is CC(C)Nc1cc(Cl)ncc1C#Cc1csc(CF)n1. The molecule has 2 aromatic heterocycles. The second-order valence-electron chi connectivity index (χ2n) is 4.36. The summed E-state index contributed by atoms with van der Waals surface area (Å²) >= 11 is 7.15. The largest absolute Gasteiger partial charge is 0.382 e. The highest BCUT2D eigenvalue weighted by atomic mass is 35.5. The minimum absolute atomic E-state index is 0.256. The average molecular weight is 310 g/mol. The van der Waals surface area contributed by atoms with Crippen molar-refractivity contribution in [3.05, 3.63) is 39.1 Å². The summed E-state index contributed by atoms with van der Waals surface area (Å²) in [5.74, 6) is 5.90. The maximum Gasteiger partial charge on any atom is 0.141 e. The summed E-state index contributed by atoms with van der Waals surface area (Å²) in [5.41, 5.74) is 2.12. The minimum Gasteiger partial charge on any atom is -0.382 e. The summed E-state index contributed by atoms with van der Waals surface area (Å²) in [6.45, 7) is 3.49. The number of halogens is 2. The first-order chi connectivity index (χ1) is 9.58. The van der Waals surface area contributed by atoms with Crippen LogP contribution in [0.5, 0.6) is 0 Å². The summed E-state index contributed by atoms with van der Waals surface area (Å²) in [5, 5.41) is 5.84. The van der Waals surface area contributed by atoms with Crippen LogP contribution in [0, 0.1) is 11.8 Å².